The summed E-state index contributed by atoms with van der Waals surface area (Å²) in [5, 5.41) is 9.33. The Hall–Kier alpha value is -1.50. The van der Waals surface area contributed by atoms with E-state index in [0.717, 1.165) is 42.7 Å². The van der Waals surface area contributed by atoms with Gasteiger partial charge in [0.05, 0.1) is 0 Å². The summed E-state index contributed by atoms with van der Waals surface area (Å²) in [6.07, 6.45) is 6.55. The molecule has 0 amide bonds. The second-order valence-electron chi connectivity index (χ2n) is 5.77. The second kappa shape index (κ2) is 4.80. The van der Waals surface area contributed by atoms with E-state index in [1.54, 1.807) is 17.9 Å². The summed E-state index contributed by atoms with van der Waals surface area (Å²) in [4.78, 5) is 7.07. The number of hydrogen-bond acceptors (Lipinski definition) is 6. The van der Waals surface area contributed by atoms with Gasteiger partial charge in [0.15, 0.2) is 0 Å². The van der Waals surface area contributed by atoms with Crippen LogP contribution in [0.15, 0.2) is 6.33 Å². The predicted molar refractivity (Wildman–Crippen MR) is 77.1 cm³/mol. The molecule has 0 N–H and O–H groups in total. The number of anilines is 1. The average molecular weight is 290 g/mol. The first-order valence-corrected chi connectivity index (χ1v) is 8.01. The van der Waals surface area contributed by atoms with Crippen molar-refractivity contribution in [1.29, 1.82) is 0 Å². The summed E-state index contributed by atoms with van der Waals surface area (Å²) in [6, 6.07) is 0. The fraction of sp³-hybridized carbons (Fsp3) is 0.692. The maximum atomic E-state index is 4.70. The normalized spacial score (nSPS) is 20.6. The van der Waals surface area contributed by atoms with Crippen LogP contribution in [-0.2, 0) is 7.05 Å². The fourth-order valence-electron chi connectivity index (χ4n) is 2.85. The van der Waals surface area contributed by atoms with Gasteiger partial charge in [0, 0.05) is 43.5 Å². The molecule has 2 aromatic rings. The van der Waals surface area contributed by atoms with E-state index in [0.29, 0.717) is 11.8 Å². The largest absolute Gasteiger partial charge is 0.347 e. The van der Waals surface area contributed by atoms with Crippen molar-refractivity contribution < 1.29 is 0 Å². The Morgan fingerprint density at radius 3 is 2.60 bits per heavy atom. The van der Waals surface area contributed by atoms with Crippen molar-refractivity contribution in [1.82, 2.24) is 24.1 Å². The Kier molecular flexibility index (Phi) is 2.94. The average Bonchev–Trinajstić information content (AvgIpc) is 3.05. The molecule has 2 aliphatic rings. The van der Waals surface area contributed by atoms with Gasteiger partial charge in [-0.25, -0.2) is 4.98 Å². The van der Waals surface area contributed by atoms with Gasteiger partial charge in [0.1, 0.15) is 18.0 Å². The van der Waals surface area contributed by atoms with Gasteiger partial charge in [0.2, 0.25) is 5.13 Å². The molecule has 0 bridgehead atoms. The lowest BCUT2D eigenvalue weighted by Crippen LogP contribution is -2.33. The minimum absolute atomic E-state index is 0.523. The SMILES string of the molecule is Cn1cnnc1C1CCN(c2nc(C3CC3)ns2)CC1. The molecule has 0 aromatic carbocycles. The standard InChI is InChI=1S/C13H18N6S/c1-18-8-14-16-12(18)10-4-6-19(7-5-10)13-15-11(17-20-13)9-2-3-9/h8-10H,2-7H2,1H3. The van der Waals surface area contributed by atoms with Gasteiger partial charge in [-0.2, -0.15) is 4.37 Å². The highest BCUT2D eigenvalue weighted by Gasteiger charge is 2.30. The zero-order valence-electron chi connectivity index (χ0n) is 11.6. The van der Waals surface area contributed by atoms with Gasteiger partial charge < -0.3 is 9.47 Å². The maximum Gasteiger partial charge on any atom is 0.205 e. The van der Waals surface area contributed by atoms with Crippen molar-refractivity contribution in [2.24, 2.45) is 7.05 Å². The van der Waals surface area contributed by atoms with Crippen molar-refractivity contribution in [2.75, 3.05) is 18.0 Å². The summed E-state index contributed by atoms with van der Waals surface area (Å²) >= 11 is 1.56. The molecule has 0 unspecified atom stereocenters. The molecule has 1 saturated carbocycles. The molecular formula is C13H18N6S. The molecule has 0 spiro atoms. The molecule has 1 saturated heterocycles. The van der Waals surface area contributed by atoms with Crippen LogP contribution < -0.4 is 4.90 Å². The van der Waals surface area contributed by atoms with Crippen molar-refractivity contribution in [3.8, 4) is 0 Å². The third kappa shape index (κ3) is 2.19. The topological polar surface area (TPSA) is 59.7 Å². The molecule has 2 fully saturated rings. The molecule has 20 heavy (non-hydrogen) atoms. The Morgan fingerprint density at radius 1 is 1.15 bits per heavy atom. The molecule has 4 rings (SSSR count). The smallest absolute Gasteiger partial charge is 0.205 e. The number of aromatic nitrogens is 5. The van der Waals surface area contributed by atoms with Crippen LogP contribution in [0.1, 0.15) is 49.2 Å². The van der Waals surface area contributed by atoms with E-state index < -0.39 is 0 Å². The number of rotatable bonds is 3. The maximum absolute atomic E-state index is 4.70. The molecule has 7 heteroatoms. The van der Waals surface area contributed by atoms with Gasteiger partial charge in [0.25, 0.3) is 0 Å². The molecule has 2 aromatic heterocycles. The van der Waals surface area contributed by atoms with Crippen LogP contribution in [0.5, 0.6) is 0 Å². The molecular weight excluding hydrogens is 272 g/mol. The van der Waals surface area contributed by atoms with Gasteiger partial charge in [-0.15, -0.1) is 10.2 Å². The van der Waals surface area contributed by atoms with E-state index in [1.165, 1.54) is 12.8 Å². The van der Waals surface area contributed by atoms with Crippen molar-refractivity contribution in [3.63, 3.8) is 0 Å². The Labute approximate surface area is 122 Å². The van der Waals surface area contributed by atoms with E-state index in [2.05, 4.69) is 19.5 Å². The summed E-state index contributed by atoms with van der Waals surface area (Å²) in [5.74, 6) is 3.35. The summed E-state index contributed by atoms with van der Waals surface area (Å²) in [7, 11) is 2.02. The van der Waals surface area contributed by atoms with Crippen LogP contribution in [0, 0.1) is 0 Å². The number of aryl methyl sites for hydroxylation is 1. The van der Waals surface area contributed by atoms with Gasteiger partial charge >= 0.3 is 0 Å². The van der Waals surface area contributed by atoms with E-state index in [4.69, 9.17) is 4.98 Å². The summed E-state index contributed by atoms with van der Waals surface area (Å²) in [5.41, 5.74) is 0. The van der Waals surface area contributed by atoms with Gasteiger partial charge in [-0.1, -0.05) is 0 Å². The van der Waals surface area contributed by atoms with Crippen molar-refractivity contribution in [3.05, 3.63) is 18.0 Å². The number of piperidine rings is 1. The zero-order valence-corrected chi connectivity index (χ0v) is 12.4. The first-order valence-electron chi connectivity index (χ1n) is 7.23. The fourth-order valence-corrected chi connectivity index (χ4v) is 3.65. The van der Waals surface area contributed by atoms with Gasteiger partial charge in [-0.3, -0.25) is 0 Å². The van der Waals surface area contributed by atoms with E-state index in [1.807, 2.05) is 11.6 Å². The molecule has 1 aliphatic heterocycles. The third-order valence-electron chi connectivity index (χ3n) is 4.25. The quantitative estimate of drug-likeness (QED) is 0.864. The lowest BCUT2D eigenvalue weighted by molar-refractivity contribution is 0.473. The Morgan fingerprint density at radius 2 is 1.95 bits per heavy atom. The number of nitrogens with zero attached hydrogens (tertiary/aromatic N) is 6. The highest BCUT2D eigenvalue weighted by molar-refractivity contribution is 7.09. The lowest BCUT2D eigenvalue weighted by Gasteiger charge is -2.30. The first kappa shape index (κ1) is 12.3. The molecule has 3 heterocycles. The minimum atomic E-state index is 0.523. The van der Waals surface area contributed by atoms with E-state index in [-0.39, 0.29) is 0 Å². The van der Waals surface area contributed by atoms with Crippen LogP contribution in [0.2, 0.25) is 0 Å². The summed E-state index contributed by atoms with van der Waals surface area (Å²) < 4.78 is 6.54. The molecule has 0 atom stereocenters. The van der Waals surface area contributed by atoms with Gasteiger partial charge in [-0.05, 0) is 25.7 Å². The molecule has 0 radical (unpaired) electrons. The summed E-state index contributed by atoms with van der Waals surface area (Å²) in [6.45, 7) is 2.08. The Bertz CT molecular complexity index is 594. The molecule has 106 valence electrons. The molecule has 1 aliphatic carbocycles. The van der Waals surface area contributed by atoms with Crippen LogP contribution in [0.25, 0.3) is 0 Å². The van der Waals surface area contributed by atoms with E-state index in [9.17, 15) is 0 Å². The van der Waals surface area contributed by atoms with E-state index >= 15 is 0 Å². The highest BCUT2D eigenvalue weighted by atomic mass is 32.1. The second-order valence-corrected chi connectivity index (χ2v) is 6.50. The van der Waals surface area contributed by atoms with Crippen molar-refractivity contribution >= 4 is 16.7 Å². The van der Waals surface area contributed by atoms with Crippen LogP contribution >= 0.6 is 11.5 Å². The third-order valence-corrected chi connectivity index (χ3v) is 5.04. The zero-order chi connectivity index (χ0) is 13.5. The first-order chi connectivity index (χ1) is 9.81. The minimum Gasteiger partial charge on any atom is -0.347 e. The van der Waals surface area contributed by atoms with Crippen LogP contribution in [-0.4, -0.2) is 37.2 Å². The Balaban J connectivity index is 1.42. The highest BCUT2D eigenvalue weighted by Crippen LogP contribution is 2.40. The lowest BCUT2D eigenvalue weighted by atomic mass is 9.96. The van der Waals surface area contributed by atoms with Crippen LogP contribution in [0.3, 0.4) is 0 Å². The van der Waals surface area contributed by atoms with Crippen molar-refractivity contribution in [2.45, 2.75) is 37.5 Å². The monoisotopic (exact) mass is 290 g/mol. The molecule has 6 nitrogen and oxygen atoms in total. The van der Waals surface area contributed by atoms with Crippen LogP contribution in [0.4, 0.5) is 5.13 Å². The predicted octanol–water partition coefficient (Wildman–Crippen LogP) is 1.93. The number of hydrogen-bond donors (Lipinski definition) is 0.